The van der Waals surface area contributed by atoms with E-state index in [9.17, 15) is 0 Å². The fourth-order valence-corrected chi connectivity index (χ4v) is 4.51. The van der Waals surface area contributed by atoms with E-state index in [1.165, 1.54) is 45.0 Å². The first-order chi connectivity index (χ1) is 12.3. The molecule has 0 aromatic heterocycles. The minimum absolute atomic E-state index is 0.982. The molecule has 0 unspecified atom stereocenters. The predicted octanol–water partition coefficient (Wildman–Crippen LogP) is 5.42. The molecule has 25 heavy (non-hydrogen) atoms. The molecule has 2 aliphatic heterocycles. The van der Waals surface area contributed by atoms with Crippen LogP contribution in [-0.4, -0.2) is 13.6 Å². The van der Waals surface area contributed by atoms with Gasteiger partial charge in [0.2, 0.25) is 0 Å². The van der Waals surface area contributed by atoms with Gasteiger partial charge in [0, 0.05) is 37.8 Å². The number of nitrogens with zero attached hydrogens (tertiary/aromatic N) is 2. The predicted molar refractivity (Wildman–Crippen MR) is 106 cm³/mol. The maximum Gasteiger partial charge on any atom is 0.0690 e. The number of benzene rings is 3. The Labute approximate surface area is 149 Å². The van der Waals surface area contributed by atoms with Gasteiger partial charge in [-0.25, -0.2) is 0 Å². The topological polar surface area (TPSA) is 6.48 Å². The summed E-state index contributed by atoms with van der Waals surface area (Å²) in [5.41, 5.74) is 11.2. The minimum atomic E-state index is 0.982. The lowest BCUT2D eigenvalue weighted by atomic mass is 9.88. The molecule has 2 nitrogen and oxygen atoms in total. The minimum Gasteiger partial charge on any atom is -0.342 e. The molecular formula is C23H22N2. The average Bonchev–Trinajstić information content (AvgIpc) is 2.66. The highest BCUT2D eigenvalue weighted by atomic mass is 15.2. The normalized spacial score (nSPS) is 14.5. The summed E-state index contributed by atoms with van der Waals surface area (Å²) in [5, 5.41) is 0. The highest BCUT2D eigenvalue weighted by Crippen LogP contribution is 2.49. The van der Waals surface area contributed by atoms with Crippen molar-refractivity contribution in [3.8, 4) is 0 Å². The number of hydrogen-bond acceptors (Lipinski definition) is 2. The molecule has 5 rings (SSSR count). The van der Waals surface area contributed by atoms with Gasteiger partial charge < -0.3 is 9.80 Å². The van der Waals surface area contributed by atoms with Gasteiger partial charge in [-0.05, 0) is 41.3 Å². The van der Waals surface area contributed by atoms with E-state index in [2.05, 4.69) is 84.4 Å². The Kier molecular flexibility index (Phi) is 3.14. The maximum atomic E-state index is 2.50. The van der Waals surface area contributed by atoms with Crippen molar-refractivity contribution < 1.29 is 0 Å². The Morgan fingerprint density at radius 2 is 1.24 bits per heavy atom. The number of hydrogen-bond donors (Lipinski definition) is 0. The molecule has 0 fully saturated rings. The summed E-state index contributed by atoms with van der Waals surface area (Å²) < 4.78 is 0. The summed E-state index contributed by atoms with van der Waals surface area (Å²) in [4.78, 5) is 4.89. The van der Waals surface area contributed by atoms with Gasteiger partial charge in [0.05, 0.1) is 11.4 Å². The van der Waals surface area contributed by atoms with Gasteiger partial charge >= 0.3 is 0 Å². The zero-order valence-electron chi connectivity index (χ0n) is 14.8. The molecule has 2 aliphatic rings. The summed E-state index contributed by atoms with van der Waals surface area (Å²) >= 11 is 0. The molecule has 0 N–H and O–H groups in total. The lowest BCUT2D eigenvalue weighted by Gasteiger charge is -2.39. The van der Waals surface area contributed by atoms with Gasteiger partial charge in [0.25, 0.3) is 0 Å². The molecule has 0 saturated carbocycles. The van der Waals surface area contributed by atoms with Gasteiger partial charge in [-0.15, -0.1) is 0 Å². The van der Waals surface area contributed by atoms with Crippen LogP contribution in [0.3, 0.4) is 0 Å². The number of rotatable bonds is 1. The van der Waals surface area contributed by atoms with E-state index in [0.29, 0.717) is 0 Å². The molecule has 0 saturated heterocycles. The monoisotopic (exact) mass is 326 g/mol. The van der Waals surface area contributed by atoms with Crippen LogP contribution >= 0.6 is 0 Å². The molecule has 0 aliphatic carbocycles. The average molecular weight is 326 g/mol. The summed E-state index contributed by atoms with van der Waals surface area (Å²) in [6, 6.07) is 22.3. The van der Waals surface area contributed by atoms with Crippen molar-refractivity contribution in [2.24, 2.45) is 0 Å². The van der Waals surface area contributed by atoms with Crippen LogP contribution in [0.2, 0.25) is 0 Å². The maximum absolute atomic E-state index is 2.50. The second-order valence-electron chi connectivity index (χ2n) is 7.00. The van der Waals surface area contributed by atoms with Crippen LogP contribution in [0.5, 0.6) is 0 Å². The Balaban J connectivity index is 1.74. The number of anilines is 4. The Morgan fingerprint density at radius 3 is 1.92 bits per heavy atom. The van der Waals surface area contributed by atoms with E-state index in [1.54, 1.807) is 0 Å². The van der Waals surface area contributed by atoms with Gasteiger partial charge in [0.1, 0.15) is 0 Å². The van der Waals surface area contributed by atoms with Crippen LogP contribution in [0.15, 0.2) is 60.7 Å². The third-order valence-electron chi connectivity index (χ3n) is 5.64. The van der Waals surface area contributed by atoms with Crippen molar-refractivity contribution in [2.45, 2.75) is 19.8 Å². The molecule has 0 atom stereocenters. The smallest absolute Gasteiger partial charge is 0.0690 e. The molecule has 0 bridgehead atoms. The Hall–Kier alpha value is -2.74. The van der Waals surface area contributed by atoms with Crippen molar-refractivity contribution in [2.75, 3.05) is 23.4 Å². The van der Waals surface area contributed by atoms with Crippen LogP contribution in [0, 0.1) is 0 Å². The third kappa shape index (κ3) is 2.03. The quantitative estimate of drug-likeness (QED) is 0.589. The largest absolute Gasteiger partial charge is 0.342 e. The van der Waals surface area contributed by atoms with Gasteiger partial charge in [0.15, 0.2) is 0 Å². The fraction of sp³-hybridized carbons (Fsp3) is 0.217. The van der Waals surface area contributed by atoms with Crippen molar-refractivity contribution in [3.05, 3.63) is 82.9 Å². The van der Waals surface area contributed by atoms with E-state index in [0.717, 1.165) is 19.4 Å². The van der Waals surface area contributed by atoms with Crippen LogP contribution < -0.4 is 9.80 Å². The third-order valence-corrected chi connectivity index (χ3v) is 5.64. The van der Waals surface area contributed by atoms with Crippen molar-refractivity contribution in [1.29, 1.82) is 0 Å². The van der Waals surface area contributed by atoms with Crippen LogP contribution in [-0.2, 0) is 12.8 Å². The first-order valence-electron chi connectivity index (χ1n) is 9.09. The lowest BCUT2D eigenvalue weighted by molar-refractivity contribution is 0.941. The zero-order valence-corrected chi connectivity index (χ0v) is 14.8. The second-order valence-corrected chi connectivity index (χ2v) is 7.00. The van der Waals surface area contributed by atoms with Crippen molar-refractivity contribution in [3.63, 3.8) is 0 Å². The van der Waals surface area contributed by atoms with E-state index >= 15 is 0 Å². The van der Waals surface area contributed by atoms with E-state index in [4.69, 9.17) is 0 Å². The standard InChI is InChI=1S/C23H22N2/c1-3-25-21-11-7-5-9-17(21)15-19-13-12-18-14-16-8-4-6-10-20(16)24(2)22(18)23(19)25/h4-13H,3,14-15H2,1-2H3. The van der Waals surface area contributed by atoms with Gasteiger partial charge in [-0.2, -0.15) is 0 Å². The van der Waals surface area contributed by atoms with Crippen molar-refractivity contribution >= 4 is 22.7 Å². The summed E-state index contributed by atoms with van der Waals surface area (Å²) in [6.45, 7) is 3.23. The summed E-state index contributed by atoms with van der Waals surface area (Å²) in [5.74, 6) is 0. The van der Waals surface area contributed by atoms with Crippen LogP contribution in [0.4, 0.5) is 22.7 Å². The fourth-order valence-electron chi connectivity index (χ4n) is 4.51. The van der Waals surface area contributed by atoms with Crippen molar-refractivity contribution in [1.82, 2.24) is 0 Å². The number of para-hydroxylation sites is 2. The highest BCUT2D eigenvalue weighted by molar-refractivity contribution is 5.91. The van der Waals surface area contributed by atoms with E-state index in [-0.39, 0.29) is 0 Å². The van der Waals surface area contributed by atoms with Gasteiger partial charge in [-0.1, -0.05) is 48.5 Å². The Bertz CT molecular complexity index is 974. The SMILES string of the molecule is CCN1c2ccccc2Cc2ccc3c(c21)N(C)c1ccccc1C3. The molecular weight excluding hydrogens is 304 g/mol. The first kappa shape index (κ1) is 14.6. The molecule has 124 valence electrons. The van der Waals surface area contributed by atoms with Crippen LogP contribution in [0.1, 0.15) is 29.2 Å². The molecule has 3 aromatic rings. The van der Waals surface area contributed by atoms with E-state index in [1.807, 2.05) is 0 Å². The molecule has 2 heterocycles. The molecule has 2 heteroatoms. The molecule has 0 radical (unpaired) electrons. The second kappa shape index (κ2) is 5.38. The Morgan fingerprint density at radius 1 is 0.680 bits per heavy atom. The lowest BCUT2D eigenvalue weighted by Crippen LogP contribution is -2.28. The summed E-state index contributed by atoms with van der Waals surface area (Å²) in [7, 11) is 2.21. The number of fused-ring (bicyclic) bond motifs is 5. The molecule has 0 spiro atoms. The molecule has 3 aromatic carbocycles. The molecule has 0 amide bonds. The zero-order chi connectivity index (χ0) is 17.0. The highest BCUT2D eigenvalue weighted by Gasteiger charge is 2.30. The van der Waals surface area contributed by atoms with Gasteiger partial charge in [-0.3, -0.25) is 0 Å². The summed E-state index contributed by atoms with van der Waals surface area (Å²) in [6.07, 6.45) is 2.03. The first-order valence-corrected chi connectivity index (χ1v) is 9.09. The van der Waals surface area contributed by atoms with Crippen LogP contribution in [0.25, 0.3) is 0 Å². The van der Waals surface area contributed by atoms with E-state index < -0.39 is 0 Å².